The normalized spacial score (nSPS) is 10.8. The van der Waals surface area contributed by atoms with Crippen LogP contribution >= 0.6 is 0 Å². The largest absolute Gasteiger partial charge is 0.360 e. The van der Waals surface area contributed by atoms with Gasteiger partial charge in [-0.15, -0.1) is 0 Å². The number of aromatic nitrogens is 1. The van der Waals surface area contributed by atoms with Crippen LogP contribution in [-0.4, -0.2) is 10.8 Å². The highest BCUT2D eigenvalue weighted by Crippen LogP contribution is 2.22. The van der Waals surface area contributed by atoms with Gasteiger partial charge in [-0.1, -0.05) is 49.7 Å². The summed E-state index contributed by atoms with van der Waals surface area (Å²) in [6, 6.07) is 15.6. The lowest BCUT2D eigenvalue weighted by Gasteiger charge is -2.06. The standard InChI is InChI=1S/C20H19NO2/c1-2-3-9-19(22)17-13-21-18-11-10-15(12-16(18)20(17)23)14-7-5-4-6-8-14/h4-8,10-13H,2-3,9H2,1H3,(H,21,23). The van der Waals surface area contributed by atoms with Crippen molar-refractivity contribution in [1.82, 2.24) is 4.98 Å². The summed E-state index contributed by atoms with van der Waals surface area (Å²) in [5.41, 5.74) is 2.86. The molecule has 0 saturated carbocycles. The summed E-state index contributed by atoms with van der Waals surface area (Å²) in [4.78, 5) is 28.0. The fourth-order valence-electron chi connectivity index (χ4n) is 2.71. The maximum Gasteiger partial charge on any atom is 0.200 e. The molecule has 0 spiro atoms. The van der Waals surface area contributed by atoms with E-state index < -0.39 is 0 Å². The number of hydrogen-bond donors (Lipinski definition) is 1. The van der Waals surface area contributed by atoms with Crippen LogP contribution in [0.5, 0.6) is 0 Å². The highest BCUT2D eigenvalue weighted by Gasteiger charge is 2.13. The molecule has 1 aromatic heterocycles. The quantitative estimate of drug-likeness (QED) is 0.702. The van der Waals surface area contributed by atoms with E-state index in [0.717, 1.165) is 29.5 Å². The Balaban J connectivity index is 2.09. The Bertz CT molecular complexity index is 894. The number of pyridine rings is 1. The number of carbonyl (C=O) groups excluding carboxylic acids is 1. The van der Waals surface area contributed by atoms with Crippen LogP contribution in [0.4, 0.5) is 0 Å². The van der Waals surface area contributed by atoms with Gasteiger partial charge in [-0.3, -0.25) is 9.59 Å². The van der Waals surface area contributed by atoms with Gasteiger partial charge in [0.2, 0.25) is 0 Å². The van der Waals surface area contributed by atoms with Crippen LogP contribution < -0.4 is 5.43 Å². The van der Waals surface area contributed by atoms with E-state index in [0.29, 0.717) is 11.8 Å². The number of carbonyl (C=O) groups is 1. The Morgan fingerprint density at radius 3 is 2.57 bits per heavy atom. The van der Waals surface area contributed by atoms with Crippen molar-refractivity contribution in [2.75, 3.05) is 0 Å². The molecule has 3 rings (SSSR count). The number of benzene rings is 2. The SMILES string of the molecule is CCCCC(=O)c1c[nH]c2ccc(-c3ccccc3)cc2c1=O. The molecular weight excluding hydrogens is 286 g/mol. The maximum absolute atomic E-state index is 12.7. The van der Waals surface area contributed by atoms with E-state index in [4.69, 9.17) is 0 Å². The molecule has 0 aliphatic heterocycles. The molecule has 3 aromatic rings. The summed E-state index contributed by atoms with van der Waals surface area (Å²) >= 11 is 0. The molecule has 3 heteroatoms. The third-order valence-electron chi connectivity index (χ3n) is 4.05. The minimum atomic E-state index is -0.183. The number of hydrogen-bond acceptors (Lipinski definition) is 2. The van der Waals surface area contributed by atoms with Crippen molar-refractivity contribution in [2.24, 2.45) is 0 Å². The van der Waals surface area contributed by atoms with Gasteiger partial charge >= 0.3 is 0 Å². The number of aromatic amines is 1. The first-order valence-corrected chi connectivity index (χ1v) is 7.94. The van der Waals surface area contributed by atoms with Crippen molar-refractivity contribution >= 4 is 16.7 Å². The van der Waals surface area contributed by atoms with Crippen LogP contribution in [0.1, 0.15) is 36.5 Å². The van der Waals surface area contributed by atoms with Gasteiger partial charge in [0.1, 0.15) is 0 Å². The number of unbranched alkanes of at least 4 members (excludes halogenated alkanes) is 1. The second-order valence-corrected chi connectivity index (χ2v) is 5.68. The number of fused-ring (bicyclic) bond motifs is 1. The summed E-state index contributed by atoms with van der Waals surface area (Å²) in [6.45, 7) is 2.03. The molecule has 1 N–H and O–H groups in total. The van der Waals surface area contributed by atoms with Gasteiger partial charge in [0.25, 0.3) is 0 Å². The summed E-state index contributed by atoms with van der Waals surface area (Å²) in [7, 11) is 0. The van der Waals surface area contributed by atoms with Crippen molar-refractivity contribution < 1.29 is 4.79 Å². The lowest BCUT2D eigenvalue weighted by molar-refractivity contribution is 0.0978. The lowest BCUT2D eigenvalue weighted by atomic mass is 10.0. The highest BCUT2D eigenvalue weighted by atomic mass is 16.1. The molecule has 0 amide bonds. The van der Waals surface area contributed by atoms with Gasteiger partial charge in [-0.2, -0.15) is 0 Å². The predicted octanol–water partition coefficient (Wildman–Crippen LogP) is 4.57. The zero-order valence-corrected chi connectivity index (χ0v) is 13.1. The van der Waals surface area contributed by atoms with Gasteiger partial charge in [-0.05, 0) is 29.7 Å². The molecule has 0 aliphatic rings. The zero-order valence-electron chi connectivity index (χ0n) is 13.1. The van der Waals surface area contributed by atoms with E-state index in [1.165, 1.54) is 0 Å². The van der Waals surface area contributed by atoms with Crippen molar-refractivity contribution in [3.05, 3.63) is 70.5 Å². The van der Waals surface area contributed by atoms with Crippen LogP contribution in [0.2, 0.25) is 0 Å². The van der Waals surface area contributed by atoms with Gasteiger partial charge < -0.3 is 4.98 Å². The van der Waals surface area contributed by atoms with E-state index >= 15 is 0 Å². The molecule has 1 heterocycles. The Morgan fingerprint density at radius 2 is 1.83 bits per heavy atom. The van der Waals surface area contributed by atoms with E-state index in [1.54, 1.807) is 6.20 Å². The van der Waals surface area contributed by atoms with Crippen LogP contribution in [0.25, 0.3) is 22.0 Å². The molecule has 2 aromatic carbocycles. The van der Waals surface area contributed by atoms with E-state index in [2.05, 4.69) is 4.98 Å². The zero-order chi connectivity index (χ0) is 16.2. The smallest absolute Gasteiger partial charge is 0.200 e. The third-order valence-corrected chi connectivity index (χ3v) is 4.05. The topological polar surface area (TPSA) is 49.9 Å². The van der Waals surface area contributed by atoms with Crippen molar-refractivity contribution in [1.29, 1.82) is 0 Å². The average Bonchev–Trinajstić information content (AvgIpc) is 2.60. The minimum absolute atomic E-state index is 0.0832. The summed E-state index contributed by atoms with van der Waals surface area (Å²) in [5.74, 6) is -0.0832. The van der Waals surface area contributed by atoms with Gasteiger partial charge in [0, 0.05) is 23.5 Å². The Kier molecular flexibility index (Phi) is 4.38. The Morgan fingerprint density at radius 1 is 1.04 bits per heavy atom. The molecule has 0 aliphatic carbocycles. The van der Waals surface area contributed by atoms with Crippen LogP contribution in [0.15, 0.2) is 59.5 Å². The fraction of sp³-hybridized carbons (Fsp3) is 0.200. The molecule has 3 nitrogen and oxygen atoms in total. The van der Waals surface area contributed by atoms with Crippen LogP contribution in [-0.2, 0) is 0 Å². The molecule has 0 radical (unpaired) electrons. The molecule has 0 saturated heterocycles. The Labute approximate surface area is 135 Å². The van der Waals surface area contributed by atoms with Crippen LogP contribution in [0.3, 0.4) is 0 Å². The molecule has 0 bridgehead atoms. The van der Waals surface area contributed by atoms with Crippen molar-refractivity contribution in [3.8, 4) is 11.1 Å². The number of Topliss-reactive ketones (excluding diaryl/α,β-unsaturated/α-hetero) is 1. The summed E-state index contributed by atoms with van der Waals surface area (Å²) in [6.07, 6.45) is 3.71. The number of rotatable bonds is 5. The third kappa shape index (κ3) is 3.09. The molecule has 0 atom stereocenters. The highest BCUT2D eigenvalue weighted by molar-refractivity contribution is 5.99. The molecule has 0 fully saturated rings. The molecule has 0 unspecified atom stereocenters. The average molecular weight is 305 g/mol. The van der Waals surface area contributed by atoms with Crippen molar-refractivity contribution in [2.45, 2.75) is 26.2 Å². The maximum atomic E-state index is 12.7. The minimum Gasteiger partial charge on any atom is -0.360 e. The lowest BCUT2D eigenvalue weighted by Crippen LogP contribution is -2.15. The molecule has 116 valence electrons. The van der Waals surface area contributed by atoms with Gasteiger partial charge in [0.05, 0.1) is 5.56 Å². The van der Waals surface area contributed by atoms with Gasteiger partial charge in [-0.25, -0.2) is 0 Å². The fourth-order valence-corrected chi connectivity index (χ4v) is 2.71. The first-order valence-electron chi connectivity index (χ1n) is 7.94. The Hall–Kier alpha value is -2.68. The van der Waals surface area contributed by atoms with Crippen LogP contribution in [0, 0.1) is 0 Å². The van der Waals surface area contributed by atoms with E-state index in [1.807, 2.05) is 55.5 Å². The second kappa shape index (κ2) is 6.61. The first-order chi connectivity index (χ1) is 11.2. The predicted molar refractivity (Wildman–Crippen MR) is 93.9 cm³/mol. The van der Waals surface area contributed by atoms with E-state index in [9.17, 15) is 9.59 Å². The summed E-state index contributed by atoms with van der Waals surface area (Å²) in [5, 5.41) is 0.564. The first kappa shape index (κ1) is 15.2. The van der Waals surface area contributed by atoms with Crippen molar-refractivity contribution in [3.63, 3.8) is 0 Å². The number of ketones is 1. The summed E-state index contributed by atoms with van der Waals surface area (Å²) < 4.78 is 0. The number of nitrogens with one attached hydrogen (secondary N) is 1. The monoisotopic (exact) mass is 305 g/mol. The van der Waals surface area contributed by atoms with Gasteiger partial charge in [0.15, 0.2) is 11.2 Å². The molecule has 23 heavy (non-hydrogen) atoms. The second-order valence-electron chi connectivity index (χ2n) is 5.68. The van der Waals surface area contributed by atoms with E-state index in [-0.39, 0.29) is 16.8 Å². The number of H-pyrrole nitrogens is 1. The molecular formula is C20H19NO2.